The Bertz CT molecular complexity index is 270. The van der Waals surface area contributed by atoms with Gasteiger partial charge in [0.2, 0.25) is 0 Å². The van der Waals surface area contributed by atoms with Crippen LogP contribution in [-0.4, -0.2) is 6.61 Å². The summed E-state index contributed by atoms with van der Waals surface area (Å²) in [5, 5.41) is 2.12. The summed E-state index contributed by atoms with van der Waals surface area (Å²) in [5.74, 6) is 0.569. The lowest BCUT2D eigenvalue weighted by Gasteiger charge is -2.14. The number of hydrogen-bond acceptors (Lipinski definition) is 3. The zero-order valence-electron chi connectivity index (χ0n) is 9.33. The van der Waals surface area contributed by atoms with Crippen molar-refractivity contribution in [3.05, 3.63) is 21.9 Å². The van der Waals surface area contributed by atoms with Crippen LogP contribution in [0.15, 0.2) is 11.4 Å². The van der Waals surface area contributed by atoms with Crippen LogP contribution < -0.4 is 5.48 Å². The molecule has 0 aromatic carbocycles. The SMILES string of the molecule is Cc1ccsc1C(C)NOCC(C)C. The van der Waals surface area contributed by atoms with Gasteiger partial charge in [0.25, 0.3) is 0 Å². The fourth-order valence-corrected chi connectivity index (χ4v) is 2.15. The minimum absolute atomic E-state index is 0.286. The van der Waals surface area contributed by atoms with Gasteiger partial charge >= 0.3 is 0 Å². The molecule has 3 heteroatoms. The summed E-state index contributed by atoms with van der Waals surface area (Å²) >= 11 is 1.77. The first kappa shape index (κ1) is 11.7. The molecule has 1 aromatic rings. The minimum atomic E-state index is 0.286. The van der Waals surface area contributed by atoms with Gasteiger partial charge in [-0.05, 0) is 36.8 Å². The maximum atomic E-state index is 5.39. The van der Waals surface area contributed by atoms with Crippen LogP contribution in [0.3, 0.4) is 0 Å². The van der Waals surface area contributed by atoms with Gasteiger partial charge in [-0.25, -0.2) is 0 Å². The minimum Gasteiger partial charge on any atom is -0.301 e. The normalized spacial score (nSPS) is 13.5. The molecule has 0 fully saturated rings. The Morgan fingerprint density at radius 3 is 2.64 bits per heavy atom. The van der Waals surface area contributed by atoms with Crippen LogP contribution >= 0.6 is 11.3 Å². The first-order valence-corrected chi connectivity index (χ1v) is 5.90. The molecule has 0 bridgehead atoms. The smallest absolute Gasteiger partial charge is 0.0705 e. The average Bonchev–Trinajstić information content (AvgIpc) is 2.50. The lowest BCUT2D eigenvalue weighted by Crippen LogP contribution is -2.21. The Morgan fingerprint density at radius 1 is 1.43 bits per heavy atom. The highest BCUT2D eigenvalue weighted by Crippen LogP contribution is 2.23. The van der Waals surface area contributed by atoms with Crippen molar-refractivity contribution in [2.24, 2.45) is 5.92 Å². The lowest BCUT2D eigenvalue weighted by molar-refractivity contribution is 0.00467. The second kappa shape index (κ2) is 5.49. The summed E-state index contributed by atoms with van der Waals surface area (Å²) in [6.07, 6.45) is 0. The summed E-state index contributed by atoms with van der Waals surface area (Å²) in [7, 11) is 0. The van der Waals surface area contributed by atoms with Crippen LogP contribution in [0.25, 0.3) is 0 Å². The van der Waals surface area contributed by atoms with E-state index in [1.54, 1.807) is 11.3 Å². The predicted octanol–water partition coefficient (Wildman–Crippen LogP) is 3.29. The molecular weight excluding hydrogens is 194 g/mol. The molecule has 1 atom stereocenters. The molecule has 1 N–H and O–H groups in total. The van der Waals surface area contributed by atoms with Gasteiger partial charge in [-0.3, -0.25) is 0 Å². The molecule has 0 aliphatic heterocycles. The lowest BCUT2D eigenvalue weighted by atomic mass is 10.2. The molecule has 80 valence electrons. The number of thiophene rings is 1. The van der Waals surface area contributed by atoms with Crippen molar-refractivity contribution in [3.8, 4) is 0 Å². The van der Waals surface area contributed by atoms with E-state index in [1.807, 2.05) is 0 Å². The van der Waals surface area contributed by atoms with Gasteiger partial charge in [0.05, 0.1) is 12.6 Å². The topological polar surface area (TPSA) is 21.3 Å². The molecule has 14 heavy (non-hydrogen) atoms. The van der Waals surface area contributed by atoms with Gasteiger partial charge in [-0.15, -0.1) is 11.3 Å². The second-order valence-electron chi connectivity index (χ2n) is 4.01. The monoisotopic (exact) mass is 213 g/mol. The molecule has 0 aliphatic rings. The van der Waals surface area contributed by atoms with Gasteiger partial charge in [-0.2, -0.15) is 5.48 Å². The van der Waals surface area contributed by atoms with Crippen LogP contribution in [0.1, 0.15) is 37.3 Å². The van der Waals surface area contributed by atoms with Crippen LogP contribution in [0, 0.1) is 12.8 Å². The van der Waals surface area contributed by atoms with E-state index in [0.29, 0.717) is 5.92 Å². The van der Waals surface area contributed by atoms with Crippen molar-refractivity contribution in [3.63, 3.8) is 0 Å². The zero-order valence-corrected chi connectivity index (χ0v) is 10.1. The molecule has 2 nitrogen and oxygen atoms in total. The number of rotatable bonds is 5. The van der Waals surface area contributed by atoms with E-state index in [2.05, 4.69) is 44.6 Å². The molecule has 0 radical (unpaired) electrons. The third kappa shape index (κ3) is 3.40. The molecule has 0 saturated heterocycles. The fraction of sp³-hybridized carbons (Fsp3) is 0.636. The summed E-state index contributed by atoms with van der Waals surface area (Å²) in [5.41, 5.74) is 4.40. The predicted molar refractivity (Wildman–Crippen MR) is 61.4 cm³/mol. The number of hydroxylamine groups is 1. The number of hydrogen-bond donors (Lipinski definition) is 1. The molecule has 1 rings (SSSR count). The third-order valence-electron chi connectivity index (χ3n) is 1.97. The molecule has 1 unspecified atom stereocenters. The Morgan fingerprint density at radius 2 is 2.14 bits per heavy atom. The van der Waals surface area contributed by atoms with Crippen molar-refractivity contribution in [1.82, 2.24) is 5.48 Å². The highest BCUT2D eigenvalue weighted by Gasteiger charge is 2.09. The largest absolute Gasteiger partial charge is 0.301 e. The fourth-order valence-electron chi connectivity index (χ4n) is 1.22. The number of aryl methyl sites for hydroxylation is 1. The van der Waals surface area contributed by atoms with E-state index in [0.717, 1.165) is 6.61 Å². The molecule has 0 aliphatic carbocycles. The van der Waals surface area contributed by atoms with E-state index in [4.69, 9.17) is 4.84 Å². The molecule has 1 aromatic heterocycles. The van der Waals surface area contributed by atoms with E-state index in [-0.39, 0.29) is 6.04 Å². The molecule has 0 saturated carbocycles. The van der Waals surface area contributed by atoms with Gasteiger partial charge in [0.15, 0.2) is 0 Å². The van der Waals surface area contributed by atoms with Gasteiger partial charge in [0.1, 0.15) is 0 Å². The summed E-state index contributed by atoms with van der Waals surface area (Å²) in [6, 6.07) is 2.43. The Hall–Kier alpha value is -0.380. The van der Waals surface area contributed by atoms with Gasteiger partial charge < -0.3 is 4.84 Å². The van der Waals surface area contributed by atoms with Crippen molar-refractivity contribution in [1.29, 1.82) is 0 Å². The van der Waals surface area contributed by atoms with Crippen LogP contribution in [0.2, 0.25) is 0 Å². The maximum Gasteiger partial charge on any atom is 0.0705 e. The van der Waals surface area contributed by atoms with Gasteiger partial charge in [-0.1, -0.05) is 13.8 Å². The quantitative estimate of drug-likeness (QED) is 0.758. The second-order valence-corrected chi connectivity index (χ2v) is 4.96. The van der Waals surface area contributed by atoms with Crippen LogP contribution in [-0.2, 0) is 4.84 Å². The molecular formula is C11H19NOS. The molecule has 0 spiro atoms. The van der Waals surface area contributed by atoms with E-state index in [1.165, 1.54) is 10.4 Å². The zero-order chi connectivity index (χ0) is 10.6. The highest BCUT2D eigenvalue weighted by atomic mass is 32.1. The summed E-state index contributed by atoms with van der Waals surface area (Å²) in [6.45, 7) is 9.30. The Labute approximate surface area is 90.2 Å². The van der Waals surface area contributed by atoms with E-state index >= 15 is 0 Å². The van der Waals surface area contributed by atoms with Crippen LogP contribution in [0.5, 0.6) is 0 Å². The number of nitrogens with one attached hydrogen (secondary N) is 1. The van der Waals surface area contributed by atoms with E-state index < -0.39 is 0 Å². The van der Waals surface area contributed by atoms with Crippen LogP contribution in [0.4, 0.5) is 0 Å². The summed E-state index contributed by atoms with van der Waals surface area (Å²) < 4.78 is 0. The first-order chi connectivity index (χ1) is 6.61. The summed E-state index contributed by atoms with van der Waals surface area (Å²) in [4.78, 5) is 6.75. The van der Waals surface area contributed by atoms with Gasteiger partial charge in [0, 0.05) is 4.88 Å². The standard InChI is InChI=1S/C11H19NOS/c1-8(2)7-13-12-10(4)11-9(3)5-6-14-11/h5-6,8,10,12H,7H2,1-4H3. The Balaban J connectivity index is 2.36. The molecule has 1 heterocycles. The first-order valence-electron chi connectivity index (χ1n) is 5.02. The molecule has 0 amide bonds. The maximum absolute atomic E-state index is 5.39. The van der Waals surface area contributed by atoms with Crippen molar-refractivity contribution >= 4 is 11.3 Å². The van der Waals surface area contributed by atoms with Crippen molar-refractivity contribution in [2.75, 3.05) is 6.61 Å². The van der Waals surface area contributed by atoms with Crippen molar-refractivity contribution < 1.29 is 4.84 Å². The third-order valence-corrected chi connectivity index (χ3v) is 3.17. The van der Waals surface area contributed by atoms with Crippen molar-refractivity contribution in [2.45, 2.75) is 33.7 Å². The Kier molecular flexibility index (Phi) is 4.58. The van der Waals surface area contributed by atoms with E-state index in [9.17, 15) is 0 Å². The highest BCUT2D eigenvalue weighted by molar-refractivity contribution is 7.10. The average molecular weight is 213 g/mol.